The third-order valence-corrected chi connectivity index (χ3v) is 4.05. The van der Waals surface area contributed by atoms with Gasteiger partial charge >= 0.3 is 0 Å². The summed E-state index contributed by atoms with van der Waals surface area (Å²) in [6.45, 7) is 11.6. The molecule has 1 N–H and O–H groups in total. The Bertz CT molecular complexity index is 154. The van der Waals surface area contributed by atoms with Gasteiger partial charge in [0, 0.05) is 18.5 Å². The molecule has 0 saturated heterocycles. The Balaban J connectivity index is 4.01. The lowest BCUT2D eigenvalue weighted by molar-refractivity contribution is 0.261. The summed E-state index contributed by atoms with van der Waals surface area (Å²) in [5, 5.41) is 6.91. The van der Waals surface area contributed by atoms with Crippen LogP contribution in [0, 0.1) is 5.41 Å². The van der Waals surface area contributed by atoms with E-state index in [2.05, 4.69) is 39.0 Å². The van der Waals surface area contributed by atoms with Gasteiger partial charge in [-0.1, -0.05) is 0 Å². The van der Waals surface area contributed by atoms with E-state index in [0.29, 0.717) is 18.7 Å². The number of hydrogen-bond donors (Lipinski definition) is 1. The lowest BCUT2D eigenvalue weighted by atomic mass is 10.3. The SMILES string of the molecule is CC(C)N(C(C)C)P(C)OCCC=N. The van der Waals surface area contributed by atoms with Gasteiger partial charge in [-0.2, -0.15) is 0 Å². The molecular weight excluding hydrogens is 195 g/mol. The number of nitrogens with zero attached hydrogens (tertiary/aromatic N) is 1. The van der Waals surface area contributed by atoms with E-state index in [9.17, 15) is 0 Å². The van der Waals surface area contributed by atoms with E-state index in [1.54, 1.807) is 0 Å². The highest BCUT2D eigenvalue weighted by Crippen LogP contribution is 2.40. The van der Waals surface area contributed by atoms with E-state index in [4.69, 9.17) is 9.93 Å². The van der Waals surface area contributed by atoms with Gasteiger partial charge in [-0.25, -0.2) is 0 Å². The summed E-state index contributed by atoms with van der Waals surface area (Å²) in [7, 11) is -0.505. The minimum atomic E-state index is -0.505. The quantitative estimate of drug-likeness (QED) is 0.405. The molecule has 0 aromatic rings. The molecule has 4 heteroatoms. The summed E-state index contributed by atoms with van der Waals surface area (Å²) in [4.78, 5) is 0. The molecule has 0 aliphatic rings. The molecule has 0 saturated carbocycles. The Morgan fingerprint density at radius 1 is 1.29 bits per heavy atom. The molecule has 0 heterocycles. The van der Waals surface area contributed by atoms with Crippen LogP contribution < -0.4 is 0 Å². The van der Waals surface area contributed by atoms with Crippen LogP contribution in [0.15, 0.2) is 0 Å². The molecule has 1 atom stereocenters. The minimum Gasteiger partial charge on any atom is -0.343 e. The average Bonchev–Trinajstić information content (AvgIpc) is 2.03. The van der Waals surface area contributed by atoms with Crippen molar-refractivity contribution < 1.29 is 4.52 Å². The van der Waals surface area contributed by atoms with E-state index in [1.165, 1.54) is 6.21 Å². The largest absolute Gasteiger partial charge is 0.343 e. The molecule has 0 bridgehead atoms. The second-order valence-corrected chi connectivity index (χ2v) is 5.51. The average molecular weight is 218 g/mol. The van der Waals surface area contributed by atoms with Crippen LogP contribution in [0.25, 0.3) is 0 Å². The molecule has 3 nitrogen and oxygen atoms in total. The van der Waals surface area contributed by atoms with Crippen molar-refractivity contribution in [1.29, 1.82) is 5.41 Å². The highest BCUT2D eigenvalue weighted by atomic mass is 31.2. The molecule has 0 aliphatic heterocycles. The van der Waals surface area contributed by atoms with E-state index in [-0.39, 0.29) is 0 Å². The van der Waals surface area contributed by atoms with Crippen molar-refractivity contribution in [3.63, 3.8) is 0 Å². The van der Waals surface area contributed by atoms with Crippen LogP contribution in [0.2, 0.25) is 0 Å². The lowest BCUT2D eigenvalue weighted by Gasteiger charge is -2.35. The normalized spacial score (nSPS) is 14.0. The van der Waals surface area contributed by atoms with E-state index < -0.39 is 8.30 Å². The van der Waals surface area contributed by atoms with Crippen molar-refractivity contribution in [2.45, 2.75) is 46.2 Å². The summed E-state index contributed by atoms with van der Waals surface area (Å²) in [6, 6.07) is 1.04. The topological polar surface area (TPSA) is 36.3 Å². The van der Waals surface area contributed by atoms with Gasteiger partial charge in [-0.3, -0.25) is 4.67 Å². The predicted octanol–water partition coefficient (Wildman–Crippen LogP) is 3.10. The van der Waals surface area contributed by atoms with Gasteiger partial charge in [-0.15, -0.1) is 0 Å². The second-order valence-electron chi connectivity index (χ2n) is 3.86. The number of nitrogens with one attached hydrogen (secondary N) is 1. The fourth-order valence-corrected chi connectivity index (χ4v) is 3.36. The molecule has 0 radical (unpaired) electrons. The van der Waals surface area contributed by atoms with Crippen molar-refractivity contribution in [3.8, 4) is 0 Å². The Kier molecular flexibility index (Phi) is 7.34. The van der Waals surface area contributed by atoms with Gasteiger partial charge in [-0.05, 0) is 40.6 Å². The van der Waals surface area contributed by atoms with Crippen LogP contribution in [0.4, 0.5) is 0 Å². The fraction of sp³-hybridized carbons (Fsp3) is 0.900. The first-order chi connectivity index (χ1) is 6.50. The van der Waals surface area contributed by atoms with Crippen LogP contribution in [0.5, 0.6) is 0 Å². The highest BCUT2D eigenvalue weighted by molar-refractivity contribution is 7.49. The fourth-order valence-electron chi connectivity index (χ4n) is 1.56. The zero-order valence-electron chi connectivity index (χ0n) is 9.95. The van der Waals surface area contributed by atoms with Crippen molar-refractivity contribution >= 4 is 14.5 Å². The van der Waals surface area contributed by atoms with E-state index in [1.807, 2.05) is 0 Å². The molecule has 0 spiro atoms. The minimum absolute atomic E-state index is 0.505. The molecule has 0 rings (SSSR count). The van der Waals surface area contributed by atoms with Crippen molar-refractivity contribution in [3.05, 3.63) is 0 Å². The van der Waals surface area contributed by atoms with Crippen molar-refractivity contribution in [1.82, 2.24) is 4.67 Å². The van der Waals surface area contributed by atoms with Gasteiger partial charge in [0.25, 0.3) is 0 Å². The highest BCUT2D eigenvalue weighted by Gasteiger charge is 2.20. The molecule has 0 aliphatic carbocycles. The first-order valence-corrected chi connectivity index (χ1v) is 6.80. The number of hydrogen-bond acceptors (Lipinski definition) is 3. The molecule has 0 fully saturated rings. The van der Waals surface area contributed by atoms with E-state index >= 15 is 0 Å². The molecular formula is C10H23N2OP. The Morgan fingerprint density at radius 2 is 1.79 bits per heavy atom. The zero-order valence-corrected chi connectivity index (χ0v) is 10.8. The summed E-state index contributed by atoms with van der Waals surface area (Å²) in [5.74, 6) is 0. The molecule has 14 heavy (non-hydrogen) atoms. The lowest BCUT2D eigenvalue weighted by Crippen LogP contribution is -2.32. The van der Waals surface area contributed by atoms with Gasteiger partial charge in [0.15, 0.2) is 0 Å². The first kappa shape index (κ1) is 14.0. The molecule has 0 amide bonds. The van der Waals surface area contributed by atoms with Gasteiger partial charge in [0.1, 0.15) is 8.30 Å². The Morgan fingerprint density at radius 3 is 2.14 bits per heavy atom. The van der Waals surface area contributed by atoms with Crippen LogP contribution in [-0.4, -0.2) is 36.2 Å². The van der Waals surface area contributed by atoms with Crippen molar-refractivity contribution in [2.24, 2.45) is 0 Å². The van der Waals surface area contributed by atoms with Gasteiger partial charge < -0.3 is 9.93 Å². The Hall–Kier alpha value is 0.0200. The maximum Gasteiger partial charge on any atom is 0.101 e. The third-order valence-electron chi connectivity index (χ3n) is 1.92. The van der Waals surface area contributed by atoms with Crippen molar-refractivity contribution in [2.75, 3.05) is 13.3 Å². The van der Waals surface area contributed by atoms with Crippen LogP contribution in [0.3, 0.4) is 0 Å². The standard InChI is InChI=1S/C10H23N2OP/c1-9(2)12(10(3)4)14(5)13-8-6-7-11/h7,9-11H,6,8H2,1-5H3. The molecule has 0 aromatic heterocycles. The Labute approximate surface area is 89.2 Å². The monoisotopic (exact) mass is 218 g/mol. The molecule has 0 aromatic carbocycles. The van der Waals surface area contributed by atoms with Crippen LogP contribution in [-0.2, 0) is 4.52 Å². The number of rotatable bonds is 7. The third kappa shape index (κ3) is 5.04. The summed E-state index contributed by atoms with van der Waals surface area (Å²) in [6.07, 6.45) is 2.12. The summed E-state index contributed by atoms with van der Waals surface area (Å²) < 4.78 is 8.09. The van der Waals surface area contributed by atoms with E-state index in [0.717, 1.165) is 6.42 Å². The molecule has 84 valence electrons. The summed E-state index contributed by atoms with van der Waals surface area (Å²) >= 11 is 0. The summed E-state index contributed by atoms with van der Waals surface area (Å²) in [5.41, 5.74) is 0. The maximum absolute atomic E-state index is 6.91. The second kappa shape index (κ2) is 7.33. The predicted molar refractivity (Wildman–Crippen MR) is 64.3 cm³/mol. The van der Waals surface area contributed by atoms with Gasteiger partial charge in [0.05, 0.1) is 6.61 Å². The first-order valence-electron chi connectivity index (χ1n) is 5.14. The van der Waals surface area contributed by atoms with Crippen LogP contribution in [0.1, 0.15) is 34.1 Å². The van der Waals surface area contributed by atoms with Gasteiger partial charge in [0.2, 0.25) is 0 Å². The smallest absolute Gasteiger partial charge is 0.101 e. The molecule has 1 unspecified atom stereocenters. The van der Waals surface area contributed by atoms with Crippen LogP contribution >= 0.6 is 8.30 Å². The zero-order chi connectivity index (χ0) is 11.1. The maximum atomic E-state index is 6.91.